The van der Waals surface area contributed by atoms with E-state index in [0.29, 0.717) is 17.3 Å². The minimum atomic E-state index is -0.250. The zero-order valence-electron chi connectivity index (χ0n) is 14.2. The number of amides is 3. The minimum absolute atomic E-state index is 0.100. The Hall–Kier alpha value is -2.21. The van der Waals surface area contributed by atoms with E-state index in [1.54, 1.807) is 24.3 Å². The third kappa shape index (κ3) is 3.33. The highest BCUT2D eigenvalue weighted by molar-refractivity contribution is 6.21. The van der Waals surface area contributed by atoms with Gasteiger partial charge in [-0.15, -0.1) is 0 Å². The first-order chi connectivity index (χ1) is 11.5. The highest BCUT2D eigenvalue weighted by atomic mass is 16.2. The van der Waals surface area contributed by atoms with Gasteiger partial charge in [0.1, 0.15) is 0 Å². The first kappa shape index (κ1) is 16.6. The Morgan fingerprint density at radius 1 is 1.17 bits per heavy atom. The van der Waals surface area contributed by atoms with Gasteiger partial charge in [-0.05, 0) is 43.0 Å². The maximum Gasteiger partial charge on any atom is 0.292 e. The molecule has 0 spiro atoms. The summed E-state index contributed by atoms with van der Waals surface area (Å²) in [5.41, 5.74) is 1.23. The van der Waals surface area contributed by atoms with Crippen molar-refractivity contribution in [1.82, 2.24) is 0 Å². The van der Waals surface area contributed by atoms with Crippen LogP contribution in [0.5, 0.6) is 0 Å². The third-order valence-corrected chi connectivity index (χ3v) is 5.00. The molecule has 0 bridgehead atoms. The largest absolute Gasteiger partial charge is 0.326 e. The van der Waals surface area contributed by atoms with Crippen LogP contribution in [0, 0.1) is 5.92 Å². The smallest absolute Gasteiger partial charge is 0.292 e. The standard InChI is InChI=1S/C18H23N3O3/c1-12-7-9-20(10-8-12)16-11-17(23)21(18(16)24)15-5-3-14(4-6-15)19-13(2)22/h3-6,12,16H,7-11H2,1-2H3,(H,19,22)/p+1. The summed E-state index contributed by atoms with van der Waals surface area (Å²) in [4.78, 5) is 38.8. The molecule has 6 nitrogen and oxygen atoms in total. The third-order valence-electron chi connectivity index (χ3n) is 5.00. The van der Waals surface area contributed by atoms with Crippen LogP contribution in [-0.2, 0) is 14.4 Å². The number of hydrogen-bond acceptors (Lipinski definition) is 3. The molecule has 0 saturated carbocycles. The van der Waals surface area contributed by atoms with Crippen LogP contribution in [0.25, 0.3) is 0 Å². The number of piperidine rings is 1. The molecular weight excluding hydrogens is 306 g/mol. The van der Waals surface area contributed by atoms with Crippen molar-refractivity contribution in [2.24, 2.45) is 5.92 Å². The number of carbonyl (C=O) groups excluding carboxylic acids is 3. The maximum absolute atomic E-state index is 12.8. The van der Waals surface area contributed by atoms with Crippen molar-refractivity contribution < 1.29 is 19.3 Å². The number of likely N-dealkylation sites (tertiary alicyclic amines) is 1. The number of benzene rings is 1. The van der Waals surface area contributed by atoms with Gasteiger partial charge < -0.3 is 10.2 Å². The summed E-state index contributed by atoms with van der Waals surface area (Å²) in [7, 11) is 0. The van der Waals surface area contributed by atoms with Crippen LogP contribution >= 0.6 is 0 Å². The Morgan fingerprint density at radius 3 is 2.38 bits per heavy atom. The van der Waals surface area contributed by atoms with E-state index in [9.17, 15) is 14.4 Å². The lowest BCUT2D eigenvalue weighted by Gasteiger charge is -2.30. The Balaban J connectivity index is 1.73. The van der Waals surface area contributed by atoms with Crippen LogP contribution in [0.15, 0.2) is 24.3 Å². The van der Waals surface area contributed by atoms with Gasteiger partial charge in [0, 0.05) is 12.6 Å². The van der Waals surface area contributed by atoms with Gasteiger partial charge in [-0.1, -0.05) is 6.92 Å². The van der Waals surface area contributed by atoms with Crippen LogP contribution in [0.2, 0.25) is 0 Å². The van der Waals surface area contributed by atoms with Crippen molar-refractivity contribution in [3.05, 3.63) is 24.3 Å². The topological polar surface area (TPSA) is 70.9 Å². The van der Waals surface area contributed by atoms with E-state index in [1.807, 2.05) is 0 Å². The zero-order valence-corrected chi connectivity index (χ0v) is 14.2. The van der Waals surface area contributed by atoms with Crippen LogP contribution in [0.3, 0.4) is 0 Å². The number of nitrogens with one attached hydrogen (secondary N) is 2. The second-order valence-corrected chi connectivity index (χ2v) is 6.89. The first-order valence-corrected chi connectivity index (χ1v) is 8.54. The van der Waals surface area contributed by atoms with Gasteiger partial charge in [0.2, 0.25) is 11.8 Å². The molecule has 2 aliphatic heterocycles. The summed E-state index contributed by atoms with van der Waals surface area (Å²) in [6, 6.07) is 6.58. The molecule has 2 fully saturated rings. The molecule has 2 saturated heterocycles. The van der Waals surface area contributed by atoms with Gasteiger partial charge in [-0.2, -0.15) is 0 Å². The van der Waals surface area contributed by atoms with Gasteiger partial charge in [-0.3, -0.25) is 14.4 Å². The minimum Gasteiger partial charge on any atom is -0.326 e. The molecule has 3 rings (SSSR count). The highest BCUT2D eigenvalue weighted by Gasteiger charge is 2.46. The van der Waals surface area contributed by atoms with E-state index in [-0.39, 0.29) is 30.2 Å². The molecular formula is C18H24N3O3+. The fourth-order valence-electron chi connectivity index (χ4n) is 3.60. The average molecular weight is 330 g/mol. The molecule has 1 atom stereocenters. The number of quaternary nitrogens is 1. The molecule has 24 heavy (non-hydrogen) atoms. The van der Waals surface area contributed by atoms with Crippen molar-refractivity contribution in [3.8, 4) is 0 Å². The fourth-order valence-corrected chi connectivity index (χ4v) is 3.60. The van der Waals surface area contributed by atoms with Gasteiger partial charge in [-0.25, -0.2) is 4.90 Å². The van der Waals surface area contributed by atoms with Crippen molar-refractivity contribution in [1.29, 1.82) is 0 Å². The van der Waals surface area contributed by atoms with Crippen molar-refractivity contribution >= 4 is 29.1 Å². The van der Waals surface area contributed by atoms with E-state index in [1.165, 1.54) is 16.7 Å². The van der Waals surface area contributed by atoms with E-state index in [2.05, 4.69) is 12.2 Å². The van der Waals surface area contributed by atoms with E-state index in [4.69, 9.17) is 0 Å². The number of rotatable bonds is 3. The van der Waals surface area contributed by atoms with E-state index < -0.39 is 0 Å². The molecule has 1 aromatic carbocycles. The second kappa shape index (κ2) is 6.73. The molecule has 0 aromatic heterocycles. The Morgan fingerprint density at radius 2 is 1.79 bits per heavy atom. The predicted molar refractivity (Wildman–Crippen MR) is 90.7 cm³/mol. The molecule has 0 aliphatic carbocycles. The monoisotopic (exact) mass is 330 g/mol. The summed E-state index contributed by atoms with van der Waals surface area (Å²) in [5.74, 6) is 0.317. The van der Waals surface area contributed by atoms with E-state index >= 15 is 0 Å². The van der Waals surface area contributed by atoms with Crippen LogP contribution in [0.4, 0.5) is 11.4 Å². The average Bonchev–Trinajstić information content (AvgIpc) is 2.83. The van der Waals surface area contributed by atoms with Gasteiger partial charge in [0.25, 0.3) is 5.91 Å². The van der Waals surface area contributed by atoms with Gasteiger partial charge in [0.15, 0.2) is 6.04 Å². The maximum atomic E-state index is 12.8. The lowest BCUT2D eigenvalue weighted by atomic mass is 9.97. The number of hydrogen-bond donors (Lipinski definition) is 2. The SMILES string of the molecule is CC(=O)Nc1ccc(N2C(=O)CC([NH+]3CCC(C)CC3)C2=O)cc1. The first-order valence-electron chi connectivity index (χ1n) is 8.54. The quantitative estimate of drug-likeness (QED) is 0.797. The molecule has 6 heteroatoms. The molecule has 2 heterocycles. The summed E-state index contributed by atoms with van der Waals surface area (Å²) in [6.45, 7) is 5.59. The Labute approximate surface area is 141 Å². The molecule has 3 amide bonds. The zero-order chi connectivity index (χ0) is 17.3. The molecule has 1 aromatic rings. The van der Waals surface area contributed by atoms with Crippen LogP contribution in [-0.4, -0.2) is 36.9 Å². The number of carbonyl (C=O) groups is 3. The van der Waals surface area contributed by atoms with Crippen molar-refractivity contribution in [2.75, 3.05) is 23.3 Å². The van der Waals surface area contributed by atoms with Crippen molar-refractivity contribution in [2.45, 2.75) is 39.2 Å². The molecule has 2 aliphatic rings. The summed E-state index contributed by atoms with van der Waals surface area (Å²) >= 11 is 0. The number of imide groups is 1. The van der Waals surface area contributed by atoms with Crippen LogP contribution in [0.1, 0.15) is 33.1 Å². The Kier molecular flexibility index (Phi) is 4.66. The van der Waals surface area contributed by atoms with Crippen molar-refractivity contribution in [3.63, 3.8) is 0 Å². The molecule has 2 N–H and O–H groups in total. The summed E-state index contributed by atoms with van der Waals surface area (Å²) in [5, 5.41) is 2.68. The predicted octanol–water partition coefficient (Wildman–Crippen LogP) is 0.592. The van der Waals surface area contributed by atoms with Crippen LogP contribution < -0.4 is 15.1 Å². The highest BCUT2D eigenvalue weighted by Crippen LogP contribution is 2.24. The summed E-state index contributed by atoms with van der Waals surface area (Å²) < 4.78 is 0. The summed E-state index contributed by atoms with van der Waals surface area (Å²) in [6.07, 6.45) is 2.51. The lowest BCUT2D eigenvalue weighted by Crippen LogP contribution is -3.17. The Bertz CT molecular complexity index is 648. The second-order valence-electron chi connectivity index (χ2n) is 6.89. The number of anilines is 2. The van der Waals surface area contributed by atoms with Gasteiger partial charge >= 0.3 is 0 Å². The molecule has 1 unspecified atom stereocenters. The van der Waals surface area contributed by atoms with E-state index in [0.717, 1.165) is 25.9 Å². The lowest BCUT2D eigenvalue weighted by molar-refractivity contribution is -0.920. The van der Waals surface area contributed by atoms with Gasteiger partial charge in [0.05, 0.1) is 25.2 Å². The normalized spacial score (nSPS) is 27.4. The molecule has 0 radical (unpaired) electrons. The fraction of sp³-hybridized carbons (Fsp3) is 0.500. The number of nitrogens with zero attached hydrogens (tertiary/aromatic N) is 1. The molecule has 128 valence electrons.